The van der Waals surface area contributed by atoms with Crippen molar-refractivity contribution in [3.63, 3.8) is 0 Å². The molecule has 2 nitrogen and oxygen atoms in total. The van der Waals surface area contributed by atoms with Crippen LogP contribution in [0.4, 0.5) is 0 Å². The highest BCUT2D eigenvalue weighted by molar-refractivity contribution is 6.25. The van der Waals surface area contributed by atoms with Gasteiger partial charge in [-0.1, -0.05) is 12.2 Å². The average Bonchev–Trinajstić information content (AvgIpc) is 2.02. The fourth-order valence-corrected chi connectivity index (χ4v) is 1.48. The number of halogens is 1. The zero-order valence-corrected chi connectivity index (χ0v) is 8.60. The summed E-state index contributed by atoms with van der Waals surface area (Å²) in [6.45, 7) is 3.78. The third kappa shape index (κ3) is 3.12. The maximum absolute atomic E-state index is 8.60. The van der Waals surface area contributed by atoms with E-state index in [1.165, 1.54) is 0 Å². The van der Waals surface area contributed by atoms with Crippen molar-refractivity contribution < 1.29 is 0 Å². The fourth-order valence-electron chi connectivity index (χ4n) is 1.26. The molecule has 13 heavy (non-hydrogen) atoms. The summed E-state index contributed by atoms with van der Waals surface area (Å²) in [5.74, 6) is 0. The molecule has 0 amide bonds. The molecular formula is C10H13ClN2. The van der Waals surface area contributed by atoms with E-state index in [4.69, 9.17) is 16.9 Å². The van der Waals surface area contributed by atoms with E-state index in [1.807, 2.05) is 32.1 Å². The lowest BCUT2D eigenvalue weighted by Crippen LogP contribution is -2.29. The Morgan fingerprint density at radius 3 is 3.00 bits per heavy atom. The Kier molecular flexibility index (Phi) is 3.00. The van der Waals surface area contributed by atoms with Gasteiger partial charge in [-0.3, -0.25) is 0 Å². The van der Waals surface area contributed by atoms with Gasteiger partial charge in [-0.15, -0.1) is 11.6 Å². The van der Waals surface area contributed by atoms with Crippen LogP contribution in [0.2, 0.25) is 0 Å². The first-order valence-electron chi connectivity index (χ1n) is 4.27. The number of hydrogen-bond donors (Lipinski definition) is 1. The van der Waals surface area contributed by atoms with E-state index in [1.54, 1.807) is 0 Å². The summed E-state index contributed by atoms with van der Waals surface area (Å²) in [5, 5.41) is 11.7. The number of nitrogens with one attached hydrogen (secondary N) is 1. The largest absolute Gasteiger partial charge is 0.373 e. The summed E-state index contributed by atoms with van der Waals surface area (Å²) in [4.78, 5) is -0.313. The van der Waals surface area contributed by atoms with Crippen LogP contribution in [-0.2, 0) is 0 Å². The molecule has 3 heteroatoms. The van der Waals surface area contributed by atoms with Crippen molar-refractivity contribution in [2.75, 3.05) is 0 Å². The fraction of sp³-hybridized carbons (Fsp3) is 0.500. The molecule has 2 atom stereocenters. The second-order valence-electron chi connectivity index (χ2n) is 3.50. The van der Waals surface area contributed by atoms with Crippen molar-refractivity contribution in [3.05, 3.63) is 23.9 Å². The van der Waals surface area contributed by atoms with E-state index >= 15 is 0 Å². The molecule has 0 spiro atoms. The van der Waals surface area contributed by atoms with Crippen molar-refractivity contribution in [3.8, 4) is 6.07 Å². The van der Waals surface area contributed by atoms with Crippen molar-refractivity contribution in [2.45, 2.75) is 31.2 Å². The molecule has 0 fully saturated rings. The van der Waals surface area contributed by atoms with Crippen LogP contribution in [0.1, 0.15) is 20.3 Å². The SMILES string of the molecule is CC(C#N)NC1=CC=CC(C)(Cl)C1. The van der Waals surface area contributed by atoms with Gasteiger partial charge in [0, 0.05) is 12.1 Å². The Bertz CT molecular complexity index is 284. The highest BCUT2D eigenvalue weighted by Crippen LogP contribution is 2.27. The standard InChI is InChI=1S/C10H13ClN2/c1-8(7-12)13-9-4-3-5-10(2,11)6-9/h3-5,8,13H,6H2,1-2H3. The van der Waals surface area contributed by atoms with Crippen LogP contribution in [0.3, 0.4) is 0 Å². The zero-order chi connectivity index (χ0) is 9.90. The molecule has 0 saturated carbocycles. The highest BCUT2D eigenvalue weighted by Gasteiger charge is 2.21. The second kappa shape index (κ2) is 3.85. The van der Waals surface area contributed by atoms with Crippen LogP contribution in [0.25, 0.3) is 0 Å². The van der Waals surface area contributed by atoms with E-state index in [9.17, 15) is 0 Å². The topological polar surface area (TPSA) is 35.8 Å². The van der Waals surface area contributed by atoms with E-state index < -0.39 is 0 Å². The molecule has 70 valence electrons. The van der Waals surface area contributed by atoms with Crippen molar-refractivity contribution >= 4 is 11.6 Å². The molecule has 0 saturated heterocycles. The van der Waals surface area contributed by atoms with Gasteiger partial charge >= 0.3 is 0 Å². The molecule has 1 N–H and O–H groups in total. The minimum Gasteiger partial charge on any atom is -0.373 e. The summed E-state index contributed by atoms with van der Waals surface area (Å²) in [5.41, 5.74) is 1.02. The second-order valence-corrected chi connectivity index (χ2v) is 4.36. The number of nitrogens with zero attached hydrogens (tertiary/aromatic N) is 1. The zero-order valence-electron chi connectivity index (χ0n) is 7.84. The smallest absolute Gasteiger partial charge is 0.111 e. The van der Waals surface area contributed by atoms with Gasteiger partial charge in [-0.25, -0.2) is 0 Å². The lowest BCUT2D eigenvalue weighted by Gasteiger charge is -2.24. The third-order valence-electron chi connectivity index (χ3n) is 1.87. The molecule has 0 bridgehead atoms. The minimum atomic E-state index is -0.313. The molecule has 0 aromatic carbocycles. The van der Waals surface area contributed by atoms with Crippen LogP contribution in [0.15, 0.2) is 23.9 Å². The predicted octanol–water partition coefficient (Wildman–Crippen LogP) is 2.33. The van der Waals surface area contributed by atoms with Gasteiger partial charge < -0.3 is 5.32 Å². The molecule has 0 aliphatic heterocycles. The maximum atomic E-state index is 8.60. The predicted molar refractivity (Wildman–Crippen MR) is 54.3 cm³/mol. The summed E-state index contributed by atoms with van der Waals surface area (Å²) < 4.78 is 0. The van der Waals surface area contributed by atoms with Gasteiger partial charge in [-0.2, -0.15) is 5.26 Å². The molecular weight excluding hydrogens is 184 g/mol. The van der Waals surface area contributed by atoms with Gasteiger partial charge in [0.2, 0.25) is 0 Å². The van der Waals surface area contributed by atoms with Crippen molar-refractivity contribution in [1.82, 2.24) is 5.32 Å². The summed E-state index contributed by atoms with van der Waals surface area (Å²) in [6, 6.07) is 1.96. The average molecular weight is 197 g/mol. The minimum absolute atomic E-state index is 0.162. The number of nitriles is 1. The van der Waals surface area contributed by atoms with E-state index in [0.717, 1.165) is 12.1 Å². The Balaban J connectivity index is 2.59. The van der Waals surface area contributed by atoms with Gasteiger partial charge in [0.05, 0.1) is 10.9 Å². The first-order chi connectivity index (χ1) is 6.03. The number of rotatable bonds is 2. The molecule has 0 heterocycles. The first kappa shape index (κ1) is 10.1. The highest BCUT2D eigenvalue weighted by atomic mass is 35.5. The molecule has 0 aromatic rings. The van der Waals surface area contributed by atoms with Crippen LogP contribution in [-0.4, -0.2) is 10.9 Å². The van der Waals surface area contributed by atoms with Crippen LogP contribution < -0.4 is 5.32 Å². The molecule has 1 rings (SSSR count). The third-order valence-corrected chi connectivity index (χ3v) is 2.13. The summed E-state index contributed by atoms with van der Waals surface area (Å²) >= 11 is 6.14. The Labute approximate surface area is 83.9 Å². The lowest BCUT2D eigenvalue weighted by atomic mass is 9.99. The number of alkyl halides is 1. The van der Waals surface area contributed by atoms with Crippen molar-refractivity contribution in [1.29, 1.82) is 5.26 Å². The molecule has 1 aliphatic rings. The Morgan fingerprint density at radius 2 is 2.46 bits per heavy atom. The van der Waals surface area contributed by atoms with Crippen LogP contribution >= 0.6 is 11.6 Å². The monoisotopic (exact) mass is 196 g/mol. The summed E-state index contributed by atoms with van der Waals surface area (Å²) in [6.07, 6.45) is 6.58. The number of allylic oxidation sites excluding steroid dienone is 4. The van der Waals surface area contributed by atoms with E-state index in [2.05, 4.69) is 11.4 Å². The molecule has 0 radical (unpaired) electrons. The van der Waals surface area contributed by atoms with Crippen LogP contribution in [0.5, 0.6) is 0 Å². The quantitative estimate of drug-likeness (QED) is 0.689. The number of hydrogen-bond acceptors (Lipinski definition) is 2. The summed E-state index contributed by atoms with van der Waals surface area (Å²) in [7, 11) is 0. The molecule has 2 unspecified atom stereocenters. The van der Waals surface area contributed by atoms with E-state index in [-0.39, 0.29) is 10.9 Å². The Morgan fingerprint density at radius 1 is 1.77 bits per heavy atom. The van der Waals surface area contributed by atoms with Crippen molar-refractivity contribution in [2.24, 2.45) is 0 Å². The molecule has 1 aliphatic carbocycles. The normalized spacial score (nSPS) is 28.9. The maximum Gasteiger partial charge on any atom is 0.111 e. The van der Waals surface area contributed by atoms with Gasteiger partial charge in [-0.05, 0) is 19.9 Å². The van der Waals surface area contributed by atoms with Gasteiger partial charge in [0.25, 0.3) is 0 Å². The first-order valence-corrected chi connectivity index (χ1v) is 4.65. The van der Waals surface area contributed by atoms with E-state index in [0.29, 0.717) is 0 Å². The Hall–Kier alpha value is -0.940. The lowest BCUT2D eigenvalue weighted by molar-refractivity contribution is 0.644. The van der Waals surface area contributed by atoms with Gasteiger partial charge in [0.15, 0.2) is 0 Å². The molecule has 0 aromatic heterocycles. The van der Waals surface area contributed by atoms with Gasteiger partial charge in [0.1, 0.15) is 6.04 Å². The van der Waals surface area contributed by atoms with Crippen LogP contribution in [0, 0.1) is 11.3 Å².